The number of benzene rings is 1. The average molecular weight is 666 g/mol. The molecule has 1 spiro atoms. The summed E-state index contributed by atoms with van der Waals surface area (Å²) in [5.74, 6) is -3.40. The average Bonchev–Trinajstić information content (AvgIpc) is 3.73. The third kappa shape index (κ3) is 7.10. The van der Waals surface area contributed by atoms with Gasteiger partial charge in [0, 0.05) is 19.0 Å². The molecule has 1 unspecified atom stereocenters. The van der Waals surface area contributed by atoms with E-state index in [0.29, 0.717) is 37.8 Å². The number of aliphatic hydroxyl groups excluding tert-OH is 1. The number of hydrogen-bond donors (Lipinski definition) is 2. The van der Waals surface area contributed by atoms with Crippen molar-refractivity contribution in [1.29, 1.82) is 0 Å². The molecule has 3 aliphatic heterocycles. The van der Waals surface area contributed by atoms with Crippen LogP contribution < -0.4 is 5.32 Å². The third-order valence-corrected chi connectivity index (χ3v) is 10.7. The van der Waals surface area contributed by atoms with E-state index in [9.17, 15) is 24.3 Å². The zero-order chi connectivity index (χ0) is 35.2. The van der Waals surface area contributed by atoms with E-state index in [4.69, 9.17) is 9.47 Å². The molecule has 2 bridgehead atoms. The van der Waals surface area contributed by atoms with Gasteiger partial charge in [-0.25, -0.2) is 0 Å². The second-order valence-electron chi connectivity index (χ2n) is 13.8. The number of likely N-dealkylation sites (tertiary alicyclic amines) is 1. The number of esters is 1. The van der Waals surface area contributed by atoms with Crippen LogP contribution >= 0.6 is 0 Å². The summed E-state index contributed by atoms with van der Waals surface area (Å²) in [4.78, 5) is 59.7. The molecule has 0 aromatic heterocycles. The maximum Gasteiger partial charge on any atom is 0.313 e. The van der Waals surface area contributed by atoms with Crippen LogP contribution in [0.25, 0.3) is 0 Å². The van der Waals surface area contributed by atoms with E-state index in [0.717, 1.165) is 12.8 Å². The molecule has 3 saturated heterocycles. The van der Waals surface area contributed by atoms with E-state index in [2.05, 4.69) is 25.4 Å². The van der Waals surface area contributed by atoms with Gasteiger partial charge in [-0.15, -0.1) is 13.2 Å². The number of allylic oxidation sites excluding steroid dienone is 1. The first-order valence-corrected chi connectivity index (χ1v) is 17.7. The second kappa shape index (κ2) is 16.3. The fourth-order valence-corrected chi connectivity index (χ4v) is 8.11. The molecule has 48 heavy (non-hydrogen) atoms. The number of fused-ring (bicyclic) bond motifs is 1. The topological polar surface area (TPSA) is 125 Å². The summed E-state index contributed by atoms with van der Waals surface area (Å²) >= 11 is 0. The molecule has 0 saturated carbocycles. The standard InChI is InChI=1S/C38H55N3O7/c1-8-12-19-30(43)39-26(7)33(27-17-14-13-15-18-27)47-37(46)31-29-20-21-38(48-29)32(31)35(44)41(28(23-42)24(5)11-4)34(38)36(45)40(22-10-3)25(6)16-9-2/h8,10,13-15,17-18,24-26,28-29,31-34,42H,1,3,9,11-12,16,19-23H2,2,4-7H3,(H,39,43)/t24-,25?,26-,28-,29+,31-,32-,33-,34+,38-/m0/s1. The molecule has 1 aromatic carbocycles. The van der Waals surface area contributed by atoms with E-state index in [-0.39, 0.29) is 42.7 Å². The third-order valence-electron chi connectivity index (χ3n) is 10.7. The Hall–Kier alpha value is -3.50. The number of nitrogens with zero attached hydrogens (tertiary/aromatic N) is 2. The normalized spacial score (nSPS) is 27.4. The molecule has 3 aliphatic rings. The minimum atomic E-state index is -1.23. The molecule has 4 rings (SSSR count). The van der Waals surface area contributed by atoms with Gasteiger partial charge in [-0.05, 0) is 51.0 Å². The Morgan fingerprint density at radius 2 is 1.88 bits per heavy atom. The van der Waals surface area contributed by atoms with Gasteiger partial charge < -0.3 is 29.7 Å². The van der Waals surface area contributed by atoms with Gasteiger partial charge in [0.15, 0.2) is 0 Å². The van der Waals surface area contributed by atoms with Crippen molar-refractivity contribution in [3.05, 3.63) is 61.2 Å². The van der Waals surface area contributed by atoms with Crippen molar-refractivity contribution >= 4 is 23.7 Å². The molecule has 2 N–H and O–H groups in total. The Kier molecular flexibility index (Phi) is 12.6. The molecule has 10 heteroatoms. The van der Waals surface area contributed by atoms with Crippen LogP contribution in [0.4, 0.5) is 0 Å². The molecule has 3 heterocycles. The van der Waals surface area contributed by atoms with Crippen molar-refractivity contribution < 1.29 is 33.8 Å². The Morgan fingerprint density at radius 3 is 2.48 bits per heavy atom. The smallest absolute Gasteiger partial charge is 0.313 e. The highest BCUT2D eigenvalue weighted by molar-refractivity contribution is 5.98. The van der Waals surface area contributed by atoms with Gasteiger partial charge >= 0.3 is 5.97 Å². The SMILES string of the molecule is C=CCCC(=O)N[C@@H](C)[C@H](OC(=O)[C@@H]1[C@H]2C(=O)N([C@@H](CO)[C@@H](C)CC)[C@H](C(=O)N(CC=C)C(C)CCC)[C@]23CC[C@H]1O3)c1ccccc1. The van der Waals surface area contributed by atoms with Gasteiger partial charge in [-0.2, -0.15) is 0 Å². The van der Waals surface area contributed by atoms with Crippen LogP contribution in [0.15, 0.2) is 55.6 Å². The molecule has 10 nitrogen and oxygen atoms in total. The van der Waals surface area contributed by atoms with E-state index in [1.54, 1.807) is 28.9 Å². The Balaban J connectivity index is 1.73. The zero-order valence-corrected chi connectivity index (χ0v) is 29.3. The van der Waals surface area contributed by atoms with Crippen molar-refractivity contribution in [2.45, 2.75) is 122 Å². The number of hydrogen-bond acceptors (Lipinski definition) is 7. The number of aliphatic hydroxyl groups is 1. The summed E-state index contributed by atoms with van der Waals surface area (Å²) in [6.45, 7) is 17.3. The van der Waals surface area contributed by atoms with Crippen LogP contribution in [0.3, 0.4) is 0 Å². The fourth-order valence-electron chi connectivity index (χ4n) is 8.11. The summed E-state index contributed by atoms with van der Waals surface area (Å²) in [7, 11) is 0. The Bertz CT molecular complexity index is 1320. The van der Waals surface area contributed by atoms with Crippen molar-refractivity contribution in [1.82, 2.24) is 15.1 Å². The minimum absolute atomic E-state index is 0.110. The highest BCUT2D eigenvalue weighted by Crippen LogP contribution is 2.59. The lowest BCUT2D eigenvalue weighted by Crippen LogP contribution is -2.60. The molecule has 1 aromatic rings. The first-order chi connectivity index (χ1) is 23.0. The van der Waals surface area contributed by atoms with Gasteiger partial charge in [0.25, 0.3) is 0 Å². The van der Waals surface area contributed by atoms with Gasteiger partial charge in [-0.3, -0.25) is 19.2 Å². The molecule has 264 valence electrons. The Labute approximate surface area is 285 Å². The zero-order valence-electron chi connectivity index (χ0n) is 29.3. The number of carbonyl (C=O) groups is 4. The predicted molar refractivity (Wildman–Crippen MR) is 183 cm³/mol. The van der Waals surface area contributed by atoms with E-state index < -0.39 is 53.7 Å². The van der Waals surface area contributed by atoms with Crippen LogP contribution in [0.2, 0.25) is 0 Å². The van der Waals surface area contributed by atoms with Gasteiger partial charge in [0.1, 0.15) is 17.7 Å². The maximum absolute atomic E-state index is 14.7. The van der Waals surface area contributed by atoms with Crippen molar-refractivity contribution in [3.8, 4) is 0 Å². The number of ether oxygens (including phenoxy) is 2. The number of carbonyl (C=O) groups excluding carboxylic acids is 4. The summed E-state index contributed by atoms with van der Waals surface area (Å²) < 4.78 is 12.9. The molecule has 3 amide bonds. The monoisotopic (exact) mass is 665 g/mol. The predicted octanol–water partition coefficient (Wildman–Crippen LogP) is 4.73. The molecule has 10 atom stereocenters. The maximum atomic E-state index is 14.7. The largest absolute Gasteiger partial charge is 0.455 e. The highest BCUT2D eigenvalue weighted by atomic mass is 16.6. The number of amides is 3. The Morgan fingerprint density at radius 1 is 1.17 bits per heavy atom. The van der Waals surface area contributed by atoms with Crippen LogP contribution in [-0.4, -0.2) is 87.6 Å². The van der Waals surface area contributed by atoms with Crippen LogP contribution in [0.1, 0.15) is 91.2 Å². The quantitative estimate of drug-likeness (QED) is 0.172. The van der Waals surface area contributed by atoms with Crippen molar-refractivity contribution in [3.63, 3.8) is 0 Å². The molecule has 0 radical (unpaired) electrons. The number of rotatable bonds is 18. The highest BCUT2D eigenvalue weighted by Gasteiger charge is 2.76. The first kappa shape index (κ1) is 37.3. The van der Waals surface area contributed by atoms with Crippen LogP contribution in [0.5, 0.6) is 0 Å². The summed E-state index contributed by atoms with van der Waals surface area (Å²) in [5, 5.41) is 13.6. The second-order valence-corrected chi connectivity index (χ2v) is 13.8. The lowest BCUT2D eigenvalue weighted by atomic mass is 9.70. The number of nitrogens with one attached hydrogen (secondary N) is 1. The summed E-state index contributed by atoms with van der Waals surface area (Å²) in [6.07, 6.45) is 5.96. The van der Waals surface area contributed by atoms with Gasteiger partial charge in [-0.1, -0.05) is 76.1 Å². The fraction of sp³-hybridized carbons (Fsp3) is 0.632. The first-order valence-electron chi connectivity index (χ1n) is 17.7. The van der Waals surface area contributed by atoms with E-state index in [1.165, 1.54) is 0 Å². The van der Waals surface area contributed by atoms with Gasteiger partial charge in [0.2, 0.25) is 17.7 Å². The lowest BCUT2D eigenvalue weighted by Gasteiger charge is -2.42. The molecule has 0 aliphatic carbocycles. The summed E-state index contributed by atoms with van der Waals surface area (Å²) in [5.41, 5.74) is -0.530. The minimum Gasteiger partial charge on any atom is -0.455 e. The molecular formula is C38H55N3O7. The van der Waals surface area contributed by atoms with Crippen molar-refractivity contribution in [2.24, 2.45) is 17.8 Å². The van der Waals surface area contributed by atoms with Crippen LogP contribution in [-0.2, 0) is 28.7 Å². The van der Waals surface area contributed by atoms with E-state index >= 15 is 0 Å². The van der Waals surface area contributed by atoms with Crippen molar-refractivity contribution in [2.75, 3.05) is 13.2 Å². The molecular weight excluding hydrogens is 610 g/mol. The molecule has 3 fully saturated rings. The summed E-state index contributed by atoms with van der Waals surface area (Å²) in [6, 6.07) is 6.89. The van der Waals surface area contributed by atoms with Gasteiger partial charge in [0.05, 0.1) is 36.6 Å². The lowest BCUT2D eigenvalue weighted by molar-refractivity contribution is -0.163. The van der Waals surface area contributed by atoms with E-state index in [1.807, 2.05) is 51.1 Å². The van der Waals surface area contributed by atoms with Crippen LogP contribution in [0, 0.1) is 17.8 Å².